The smallest absolute Gasteiger partial charge is 0.255 e. The second-order valence-electron chi connectivity index (χ2n) is 10.2. The highest BCUT2D eigenvalue weighted by Crippen LogP contribution is 2.39. The molecule has 0 radical (unpaired) electrons. The number of carbonyl (C=O) groups excluding carboxylic acids is 2. The second-order valence-corrected chi connectivity index (χ2v) is 10.2. The normalized spacial score (nSPS) is 21.6. The number of ether oxygens (including phenoxy) is 1. The van der Waals surface area contributed by atoms with Gasteiger partial charge in [-0.25, -0.2) is 18.7 Å². The zero-order valence-electron chi connectivity index (χ0n) is 21.2. The number of aryl methyl sites for hydroxylation is 2. The van der Waals surface area contributed by atoms with Crippen molar-refractivity contribution < 1.29 is 23.1 Å². The molecule has 2 heterocycles. The number of fused-ring (bicyclic) bond motifs is 1. The van der Waals surface area contributed by atoms with E-state index in [1.165, 1.54) is 13.3 Å². The molecule has 2 saturated carbocycles. The van der Waals surface area contributed by atoms with Crippen LogP contribution in [0.2, 0.25) is 0 Å². The van der Waals surface area contributed by atoms with Gasteiger partial charge in [0.05, 0.1) is 29.3 Å². The Morgan fingerprint density at radius 2 is 1.92 bits per heavy atom. The third-order valence-electron chi connectivity index (χ3n) is 7.20. The summed E-state index contributed by atoms with van der Waals surface area (Å²) in [6.45, 7) is 5.30. The topological polar surface area (TPSA) is 109 Å². The van der Waals surface area contributed by atoms with Crippen molar-refractivity contribution in [2.45, 2.75) is 71.1 Å². The minimum absolute atomic E-state index is 0.106. The van der Waals surface area contributed by atoms with E-state index < -0.39 is 23.9 Å². The predicted octanol–water partition coefficient (Wildman–Crippen LogP) is 4.29. The first-order valence-electron chi connectivity index (χ1n) is 12.7. The summed E-state index contributed by atoms with van der Waals surface area (Å²) in [5, 5.41) is 5.55. The van der Waals surface area contributed by atoms with Gasteiger partial charge < -0.3 is 20.4 Å². The fourth-order valence-electron chi connectivity index (χ4n) is 5.01. The Hall–Kier alpha value is -3.56. The molecule has 8 nitrogen and oxygen atoms in total. The molecule has 5 rings (SSSR count). The average Bonchev–Trinajstić information content (AvgIpc) is 3.61. The molecule has 3 atom stereocenters. The SMILES string of the molecule is CC(=O)NC1CCC(NC(=O)c2c(C)[nH]c3c(-c4c(OCC5CC5)ccc(C)c4F)ncnc23)CC1F. The van der Waals surface area contributed by atoms with Crippen LogP contribution in [0, 0.1) is 25.6 Å². The van der Waals surface area contributed by atoms with Gasteiger partial charge in [-0.3, -0.25) is 9.59 Å². The van der Waals surface area contributed by atoms with Crippen LogP contribution in [0.3, 0.4) is 0 Å². The average molecular weight is 512 g/mol. The Bertz CT molecular complexity index is 1350. The van der Waals surface area contributed by atoms with Gasteiger partial charge in [0.2, 0.25) is 5.91 Å². The van der Waals surface area contributed by atoms with Crippen molar-refractivity contribution in [3.63, 3.8) is 0 Å². The maximum absolute atomic E-state index is 15.4. The summed E-state index contributed by atoms with van der Waals surface area (Å²) < 4.78 is 36.0. The third-order valence-corrected chi connectivity index (χ3v) is 7.20. The van der Waals surface area contributed by atoms with Crippen LogP contribution >= 0.6 is 0 Å². The summed E-state index contributed by atoms with van der Waals surface area (Å²) >= 11 is 0. The fraction of sp³-hybridized carbons (Fsp3) is 0.481. The van der Waals surface area contributed by atoms with Gasteiger partial charge in [-0.1, -0.05) is 6.07 Å². The second kappa shape index (κ2) is 10.1. The Labute approximate surface area is 213 Å². The maximum Gasteiger partial charge on any atom is 0.255 e. The van der Waals surface area contributed by atoms with Crippen LogP contribution in [0.25, 0.3) is 22.3 Å². The Morgan fingerprint density at radius 1 is 1.14 bits per heavy atom. The number of hydrogen-bond donors (Lipinski definition) is 3. The zero-order chi connectivity index (χ0) is 26.3. The van der Waals surface area contributed by atoms with Crippen molar-refractivity contribution >= 4 is 22.8 Å². The predicted molar refractivity (Wildman–Crippen MR) is 135 cm³/mol. The van der Waals surface area contributed by atoms with Crippen LogP contribution < -0.4 is 15.4 Å². The standard InChI is InChI=1S/C27H31F2N5O3/c1-13-4-9-20(37-11-16-5-6-16)22(23(13)29)25-26-24(30-12-31-25)21(14(2)32-26)27(36)34-17-7-8-19(18(28)10-17)33-15(3)35/h4,9,12,16-19,32H,5-8,10-11H2,1-3H3,(H,33,35)(H,34,36). The summed E-state index contributed by atoms with van der Waals surface area (Å²) in [4.78, 5) is 36.5. The summed E-state index contributed by atoms with van der Waals surface area (Å²) in [5.41, 5.74) is 2.66. The number of aromatic nitrogens is 3. The number of H-pyrrole nitrogens is 1. The minimum Gasteiger partial charge on any atom is -0.492 e. The van der Waals surface area contributed by atoms with Crippen LogP contribution in [0.4, 0.5) is 8.78 Å². The molecule has 3 aromatic rings. The van der Waals surface area contributed by atoms with E-state index >= 15 is 4.39 Å². The number of nitrogens with one attached hydrogen (secondary N) is 3. The number of rotatable bonds is 7. The first-order chi connectivity index (χ1) is 17.7. The van der Waals surface area contributed by atoms with Gasteiger partial charge in [-0.05, 0) is 57.1 Å². The van der Waals surface area contributed by atoms with Crippen LogP contribution in [0.15, 0.2) is 18.5 Å². The highest BCUT2D eigenvalue weighted by Gasteiger charge is 2.33. The molecule has 0 saturated heterocycles. The zero-order valence-corrected chi connectivity index (χ0v) is 21.2. The van der Waals surface area contributed by atoms with Crippen molar-refractivity contribution in [2.75, 3.05) is 6.61 Å². The van der Waals surface area contributed by atoms with E-state index in [2.05, 4.69) is 25.6 Å². The Balaban J connectivity index is 1.44. The van der Waals surface area contributed by atoms with E-state index in [1.807, 2.05) is 0 Å². The molecule has 2 amide bonds. The number of benzene rings is 1. The molecular formula is C27H31F2N5O3. The molecule has 3 N–H and O–H groups in total. The number of amides is 2. The summed E-state index contributed by atoms with van der Waals surface area (Å²) in [5.74, 6) is -0.206. The van der Waals surface area contributed by atoms with Crippen LogP contribution in [0.1, 0.15) is 60.6 Å². The van der Waals surface area contributed by atoms with Crippen LogP contribution in [-0.4, -0.2) is 51.6 Å². The van der Waals surface area contributed by atoms with E-state index in [0.717, 1.165) is 12.8 Å². The molecule has 2 aliphatic carbocycles. The first-order valence-corrected chi connectivity index (χ1v) is 12.7. The van der Waals surface area contributed by atoms with Gasteiger partial charge in [-0.2, -0.15) is 0 Å². The molecule has 0 spiro atoms. The maximum atomic E-state index is 15.4. The van der Waals surface area contributed by atoms with Gasteiger partial charge in [0, 0.05) is 25.1 Å². The third kappa shape index (κ3) is 5.14. The minimum atomic E-state index is -1.25. The molecule has 10 heteroatoms. The quantitative estimate of drug-likeness (QED) is 0.438. The van der Waals surface area contributed by atoms with E-state index in [4.69, 9.17) is 4.74 Å². The summed E-state index contributed by atoms with van der Waals surface area (Å²) in [6.07, 6.45) is 3.34. The van der Waals surface area contributed by atoms with Crippen molar-refractivity contribution in [2.24, 2.45) is 5.92 Å². The first kappa shape index (κ1) is 25.1. The number of aromatic amines is 1. The number of nitrogens with zero attached hydrogens (tertiary/aromatic N) is 2. The summed E-state index contributed by atoms with van der Waals surface area (Å²) in [6, 6.07) is 2.50. The van der Waals surface area contributed by atoms with Gasteiger partial charge in [0.25, 0.3) is 5.91 Å². The van der Waals surface area contributed by atoms with Gasteiger partial charge in [0.1, 0.15) is 35.3 Å². The van der Waals surface area contributed by atoms with Gasteiger partial charge in [-0.15, -0.1) is 0 Å². The monoisotopic (exact) mass is 511 g/mol. The lowest BCUT2D eigenvalue weighted by Gasteiger charge is -2.32. The van der Waals surface area contributed by atoms with Gasteiger partial charge in [0.15, 0.2) is 0 Å². The van der Waals surface area contributed by atoms with E-state index in [-0.39, 0.29) is 23.9 Å². The highest BCUT2D eigenvalue weighted by molar-refractivity contribution is 6.09. The molecule has 0 aliphatic heterocycles. The molecule has 1 aromatic carbocycles. The molecule has 3 unspecified atom stereocenters. The van der Waals surface area contributed by atoms with Crippen LogP contribution in [-0.2, 0) is 4.79 Å². The van der Waals surface area contributed by atoms with Gasteiger partial charge >= 0.3 is 0 Å². The van der Waals surface area contributed by atoms with Crippen molar-refractivity contribution in [3.8, 4) is 17.0 Å². The van der Waals surface area contributed by atoms with E-state index in [1.54, 1.807) is 26.0 Å². The molecule has 2 aliphatic rings. The highest BCUT2D eigenvalue weighted by atomic mass is 19.1. The Morgan fingerprint density at radius 3 is 2.62 bits per heavy atom. The molecule has 2 aromatic heterocycles. The lowest BCUT2D eigenvalue weighted by atomic mass is 9.89. The summed E-state index contributed by atoms with van der Waals surface area (Å²) in [7, 11) is 0. The van der Waals surface area contributed by atoms with Crippen molar-refractivity contribution in [1.82, 2.24) is 25.6 Å². The van der Waals surface area contributed by atoms with Crippen LogP contribution in [0.5, 0.6) is 5.75 Å². The lowest BCUT2D eigenvalue weighted by molar-refractivity contribution is -0.120. The van der Waals surface area contributed by atoms with E-state index in [0.29, 0.717) is 64.7 Å². The number of hydrogen-bond acceptors (Lipinski definition) is 5. The van der Waals surface area contributed by atoms with Crippen molar-refractivity contribution in [3.05, 3.63) is 41.1 Å². The molecule has 196 valence electrons. The van der Waals surface area contributed by atoms with E-state index in [9.17, 15) is 14.0 Å². The number of carbonyl (C=O) groups is 2. The largest absolute Gasteiger partial charge is 0.492 e. The number of halogens is 2. The lowest BCUT2D eigenvalue weighted by Crippen LogP contribution is -2.49. The fourth-order valence-corrected chi connectivity index (χ4v) is 5.01. The molecule has 37 heavy (non-hydrogen) atoms. The molecule has 0 bridgehead atoms. The molecule has 2 fully saturated rings. The van der Waals surface area contributed by atoms with Crippen molar-refractivity contribution in [1.29, 1.82) is 0 Å². The Kier molecular flexibility index (Phi) is 6.83. The molecular weight excluding hydrogens is 480 g/mol. The number of alkyl halides is 1.